The van der Waals surface area contributed by atoms with Gasteiger partial charge in [-0.3, -0.25) is 0 Å². The second-order valence-corrected chi connectivity index (χ2v) is 9.11. The molecule has 0 N–H and O–H groups in total. The van der Waals surface area contributed by atoms with Crippen LogP contribution in [-0.4, -0.2) is 11.2 Å². The van der Waals surface area contributed by atoms with Crippen LogP contribution in [0.5, 0.6) is 0 Å². The lowest BCUT2D eigenvalue weighted by Crippen LogP contribution is -2.18. The summed E-state index contributed by atoms with van der Waals surface area (Å²) < 4.78 is 6.59. The molecule has 132 valence electrons. The van der Waals surface area contributed by atoms with E-state index in [2.05, 4.69) is 91.0 Å². The molecule has 0 saturated carbocycles. The van der Waals surface area contributed by atoms with Crippen LogP contribution >= 0.6 is 23.5 Å². The van der Waals surface area contributed by atoms with E-state index in [0.29, 0.717) is 10.5 Å². The number of hydrogen-bond acceptors (Lipinski definition) is 3. The van der Waals surface area contributed by atoms with Gasteiger partial charge in [0.2, 0.25) is 0 Å². The van der Waals surface area contributed by atoms with Gasteiger partial charge >= 0.3 is 0 Å². The lowest BCUT2D eigenvalue weighted by atomic mass is 9.97. The van der Waals surface area contributed by atoms with Crippen LogP contribution in [0.3, 0.4) is 0 Å². The minimum absolute atomic E-state index is 0.175. The van der Waals surface area contributed by atoms with Gasteiger partial charge in [0, 0.05) is 22.3 Å². The van der Waals surface area contributed by atoms with Gasteiger partial charge in [-0.15, -0.1) is 23.5 Å². The summed E-state index contributed by atoms with van der Waals surface area (Å²) in [7, 11) is 0. The Labute approximate surface area is 164 Å². The normalized spacial score (nSPS) is 19.7. The molecule has 0 bridgehead atoms. The average Bonchev–Trinajstić information content (AvgIpc) is 3.20. The molecule has 4 rings (SSSR count). The number of benzene rings is 3. The van der Waals surface area contributed by atoms with Gasteiger partial charge < -0.3 is 4.74 Å². The van der Waals surface area contributed by atoms with E-state index >= 15 is 0 Å². The van der Waals surface area contributed by atoms with Gasteiger partial charge in [0.05, 0.1) is 10.7 Å². The highest BCUT2D eigenvalue weighted by molar-refractivity contribution is 8.17. The Morgan fingerprint density at radius 2 is 1.19 bits per heavy atom. The fourth-order valence-electron chi connectivity index (χ4n) is 3.34. The molecule has 2 atom stereocenters. The van der Waals surface area contributed by atoms with Gasteiger partial charge in [-0.1, -0.05) is 66.7 Å². The molecule has 1 heterocycles. The number of rotatable bonds is 6. The Kier molecular flexibility index (Phi) is 6.00. The van der Waals surface area contributed by atoms with E-state index in [4.69, 9.17) is 4.74 Å². The van der Waals surface area contributed by atoms with Crippen molar-refractivity contribution in [2.75, 3.05) is 6.61 Å². The predicted molar refractivity (Wildman–Crippen MR) is 112 cm³/mol. The van der Waals surface area contributed by atoms with E-state index in [1.807, 2.05) is 23.5 Å². The summed E-state index contributed by atoms with van der Waals surface area (Å²) >= 11 is 3.92. The zero-order valence-corrected chi connectivity index (χ0v) is 16.2. The standard InChI is InChI=1S/C23H22OS2/c1-4-10-18(11-5-1)22-21(16-17-24-22)23(25-19-12-6-2-7-13-19)26-20-14-8-3-9-15-20/h1-15,21-23H,16-17H2/t21-,22-/m1/s1. The van der Waals surface area contributed by atoms with Crippen molar-refractivity contribution >= 4 is 23.5 Å². The average molecular weight is 379 g/mol. The van der Waals surface area contributed by atoms with Gasteiger partial charge in [-0.2, -0.15) is 0 Å². The molecule has 3 heteroatoms. The van der Waals surface area contributed by atoms with Crippen molar-refractivity contribution < 1.29 is 4.74 Å². The molecule has 1 fully saturated rings. The van der Waals surface area contributed by atoms with Gasteiger partial charge in [-0.25, -0.2) is 0 Å². The summed E-state index contributed by atoms with van der Waals surface area (Å²) in [6.45, 7) is 0.839. The van der Waals surface area contributed by atoms with Crippen molar-refractivity contribution in [2.24, 2.45) is 5.92 Å². The van der Waals surface area contributed by atoms with Gasteiger partial charge in [-0.05, 0) is 36.2 Å². The van der Waals surface area contributed by atoms with Crippen molar-refractivity contribution in [3.05, 3.63) is 96.6 Å². The first-order valence-electron chi connectivity index (χ1n) is 9.00. The first-order valence-corrected chi connectivity index (χ1v) is 10.8. The Balaban J connectivity index is 1.60. The third kappa shape index (κ3) is 4.35. The Hall–Kier alpha value is -1.68. The summed E-state index contributed by atoms with van der Waals surface area (Å²) in [5.74, 6) is 0.479. The maximum Gasteiger partial charge on any atom is 0.0872 e. The zero-order valence-electron chi connectivity index (χ0n) is 14.5. The van der Waals surface area contributed by atoms with E-state index in [0.717, 1.165) is 13.0 Å². The van der Waals surface area contributed by atoms with Crippen LogP contribution in [0.15, 0.2) is 101 Å². The maximum absolute atomic E-state index is 6.18. The van der Waals surface area contributed by atoms with E-state index in [1.165, 1.54) is 15.4 Å². The zero-order chi connectivity index (χ0) is 17.6. The number of ether oxygens (including phenoxy) is 1. The van der Waals surface area contributed by atoms with Crippen molar-refractivity contribution in [1.29, 1.82) is 0 Å². The molecule has 3 aromatic rings. The molecular weight excluding hydrogens is 356 g/mol. The molecular formula is C23H22OS2. The minimum atomic E-state index is 0.175. The van der Waals surface area contributed by atoms with Crippen LogP contribution < -0.4 is 0 Å². The Morgan fingerprint density at radius 3 is 1.73 bits per heavy atom. The third-order valence-corrected chi connectivity index (χ3v) is 7.44. The second-order valence-electron chi connectivity index (χ2n) is 6.38. The van der Waals surface area contributed by atoms with Crippen LogP contribution in [-0.2, 0) is 4.74 Å². The van der Waals surface area contributed by atoms with E-state index in [9.17, 15) is 0 Å². The lowest BCUT2D eigenvalue weighted by Gasteiger charge is -2.27. The quantitative estimate of drug-likeness (QED) is 0.350. The summed E-state index contributed by atoms with van der Waals surface area (Å²) in [6, 6.07) is 32.1. The molecule has 0 spiro atoms. The largest absolute Gasteiger partial charge is 0.373 e. The molecule has 0 aromatic heterocycles. The van der Waals surface area contributed by atoms with Crippen LogP contribution in [0, 0.1) is 5.92 Å². The van der Waals surface area contributed by atoms with Gasteiger partial charge in [0.25, 0.3) is 0 Å². The van der Waals surface area contributed by atoms with E-state index in [1.54, 1.807) is 0 Å². The number of hydrogen-bond donors (Lipinski definition) is 0. The first kappa shape index (κ1) is 17.7. The summed E-state index contributed by atoms with van der Waals surface area (Å²) in [5.41, 5.74) is 1.29. The van der Waals surface area contributed by atoms with Crippen LogP contribution in [0.2, 0.25) is 0 Å². The Bertz CT molecular complexity index is 751. The van der Waals surface area contributed by atoms with Crippen molar-refractivity contribution in [3.63, 3.8) is 0 Å². The fourth-order valence-corrected chi connectivity index (χ4v) is 6.27. The smallest absolute Gasteiger partial charge is 0.0872 e. The monoisotopic (exact) mass is 378 g/mol. The van der Waals surface area contributed by atoms with Gasteiger partial charge in [0.15, 0.2) is 0 Å². The SMILES string of the molecule is c1ccc(SC(Sc2ccccc2)[C@@H]2CCO[C@@H]2c2ccccc2)cc1. The van der Waals surface area contributed by atoms with Crippen LogP contribution in [0.4, 0.5) is 0 Å². The molecule has 0 unspecified atom stereocenters. The molecule has 0 radical (unpaired) electrons. The second kappa shape index (κ2) is 8.81. The highest BCUT2D eigenvalue weighted by Gasteiger charge is 2.36. The fraction of sp³-hybridized carbons (Fsp3) is 0.217. The van der Waals surface area contributed by atoms with Crippen LogP contribution in [0.25, 0.3) is 0 Å². The highest BCUT2D eigenvalue weighted by atomic mass is 32.2. The molecule has 1 saturated heterocycles. The molecule has 3 aromatic carbocycles. The number of thioether (sulfide) groups is 2. The third-order valence-electron chi connectivity index (χ3n) is 4.61. The van der Waals surface area contributed by atoms with Crippen molar-refractivity contribution in [2.45, 2.75) is 26.9 Å². The topological polar surface area (TPSA) is 9.23 Å². The van der Waals surface area contributed by atoms with Crippen molar-refractivity contribution in [1.82, 2.24) is 0 Å². The van der Waals surface area contributed by atoms with Crippen LogP contribution in [0.1, 0.15) is 18.1 Å². The molecule has 0 aliphatic carbocycles. The van der Waals surface area contributed by atoms with Gasteiger partial charge in [0.1, 0.15) is 0 Å². The maximum atomic E-state index is 6.18. The summed E-state index contributed by atoms with van der Waals surface area (Å²) in [6.07, 6.45) is 1.28. The minimum Gasteiger partial charge on any atom is -0.373 e. The summed E-state index contributed by atoms with van der Waals surface area (Å²) in [5, 5.41) is 0. The Morgan fingerprint density at radius 1 is 0.692 bits per heavy atom. The first-order chi connectivity index (χ1) is 12.9. The van der Waals surface area contributed by atoms with Crippen molar-refractivity contribution in [3.8, 4) is 0 Å². The van der Waals surface area contributed by atoms with E-state index in [-0.39, 0.29) is 6.10 Å². The molecule has 0 amide bonds. The highest BCUT2D eigenvalue weighted by Crippen LogP contribution is 2.48. The molecule has 1 aliphatic rings. The molecule has 26 heavy (non-hydrogen) atoms. The molecule has 1 nitrogen and oxygen atoms in total. The van der Waals surface area contributed by atoms with E-state index < -0.39 is 0 Å². The molecule has 1 aliphatic heterocycles. The predicted octanol–water partition coefficient (Wildman–Crippen LogP) is 6.67. The lowest BCUT2D eigenvalue weighted by molar-refractivity contribution is 0.0940. The summed E-state index contributed by atoms with van der Waals surface area (Å²) in [4.78, 5) is 2.64.